The number of nitrogens with zero attached hydrogens (tertiary/aromatic N) is 3. The second kappa shape index (κ2) is 5.87. The highest BCUT2D eigenvalue weighted by Crippen LogP contribution is 2.16. The summed E-state index contributed by atoms with van der Waals surface area (Å²) in [5.41, 5.74) is 2.98. The van der Waals surface area contributed by atoms with Crippen LogP contribution in [0.15, 0.2) is 48.8 Å². The van der Waals surface area contributed by atoms with Crippen molar-refractivity contribution >= 4 is 16.8 Å². The van der Waals surface area contributed by atoms with Gasteiger partial charge in [0.25, 0.3) is 0 Å². The molecule has 106 valence electrons. The highest BCUT2D eigenvalue weighted by molar-refractivity contribution is 5.84. The van der Waals surface area contributed by atoms with Gasteiger partial charge in [0.2, 0.25) is 0 Å². The molecule has 4 nitrogen and oxygen atoms in total. The molecule has 0 fully saturated rings. The lowest BCUT2D eigenvalue weighted by atomic mass is 10.1. The summed E-state index contributed by atoms with van der Waals surface area (Å²) in [6.07, 6.45) is 4.21. The van der Waals surface area contributed by atoms with Crippen LogP contribution in [0, 0.1) is 0 Å². The first-order valence-electron chi connectivity index (χ1n) is 7.12. The van der Waals surface area contributed by atoms with E-state index in [1.807, 2.05) is 36.4 Å². The predicted octanol–water partition coefficient (Wildman–Crippen LogP) is 2.81. The number of hydrogen-bond donors (Lipinski definition) is 0. The van der Waals surface area contributed by atoms with E-state index in [4.69, 9.17) is 0 Å². The molecule has 21 heavy (non-hydrogen) atoms. The van der Waals surface area contributed by atoms with Crippen LogP contribution in [0.25, 0.3) is 11.0 Å². The van der Waals surface area contributed by atoms with Crippen LogP contribution in [-0.2, 0) is 24.2 Å². The monoisotopic (exact) mass is 279 g/mol. The molecule has 0 N–H and O–H groups in total. The number of aromatic nitrogens is 3. The number of imidazole rings is 1. The lowest BCUT2D eigenvalue weighted by Gasteiger charge is -2.05. The minimum Gasteiger partial charge on any atom is -0.328 e. The van der Waals surface area contributed by atoms with Crippen LogP contribution in [0.3, 0.4) is 0 Å². The number of benzene rings is 1. The molecule has 0 radical (unpaired) electrons. The Hall–Kier alpha value is -2.49. The van der Waals surface area contributed by atoms with Gasteiger partial charge < -0.3 is 4.57 Å². The first kappa shape index (κ1) is 13.5. The number of rotatable bonds is 5. The third-order valence-electron chi connectivity index (χ3n) is 3.53. The van der Waals surface area contributed by atoms with E-state index in [1.165, 1.54) is 0 Å². The van der Waals surface area contributed by atoms with Gasteiger partial charge in [-0.15, -0.1) is 0 Å². The van der Waals surface area contributed by atoms with Gasteiger partial charge in [0.1, 0.15) is 11.6 Å². The molecule has 3 rings (SSSR count). The maximum atomic E-state index is 12.2. The Morgan fingerprint density at radius 2 is 2.00 bits per heavy atom. The Bertz CT molecular complexity index is 762. The molecule has 0 spiro atoms. The normalized spacial score (nSPS) is 10.9. The zero-order chi connectivity index (χ0) is 14.7. The number of para-hydroxylation sites is 2. The van der Waals surface area contributed by atoms with Gasteiger partial charge in [-0.2, -0.15) is 0 Å². The van der Waals surface area contributed by atoms with Gasteiger partial charge in [0.15, 0.2) is 0 Å². The average molecular weight is 279 g/mol. The number of carbonyl (C=O) groups excluding carboxylic acids is 1. The fourth-order valence-corrected chi connectivity index (χ4v) is 2.58. The summed E-state index contributed by atoms with van der Waals surface area (Å²) in [7, 11) is 0. The first-order valence-corrected chi connectivity index (χ1v) is 7.12. The Morgan fingerprint density at radius 3 is 2.76 bits per heavy atom. The summed E-state index contributed by atoms with van der Waals surface area (Å²) in [6.45, 7) is 2.89. The van der Waals surface area contributed by atoms with Crippen LogP contribution in [0.4, 0.5) is 0 Å². The van der Waals surface area contributed by atoms with E-state index in [9.17, 15) is 4.79 Å². The summed E-state index contributed by atoms with van der Waals surface area (Å²) in [5.74, 6) is 1.00. The minimum absolute atomic E-state index is 0.160. The van der Waals surface area contributed by atoms with E-state index in [0.717, 1.165) is 29.0 Å². The summed E-state index contributed by atoms with van der Waals surface area (Å²) < 4.78 is 2.11. The lowest BCUT2D eigenvalue weighted by Crippen LogP contribution is -2.11. The molecule has 0 aliphatic rings. The van der Waals surface area contributed by atoms with E-state index in [1.54, 1.807) is 12.4 Å². The van der Waals surface area contributed by atoms with Crippen LogP contribution in [0.2, 0.25) is 0 Å². The van der Waals surface area contributed by atoms with Crippen molar-refractivity contribution in [3.63, 3.8) is 0 Å². The molecule has 0 saturated carbocycles. The average Bonchev–Trinajstić information content (AvgIpc) is 2.85. The molecule has 0 unspecified atom stereocenters. The Morgan fingerprint density at radius 1 is 1.14 bits per heavy atom. The summed E-state index contributed by atoms with van der Waals surface area (Å²) in [6, 6.07) is 11.8. The highest BCUT2D eigenvalue weighted by Gasteiger charge is 2.13. The molecule has 0 saturated heterocycles. The molecule has 2 heterocycles. The third-order valence-corrected chi connectivity index (χ3v) is 3.53. The summed E-state index contributed by atoms with van der Waals surface area (Å²) >= 11 is 0. The molecule has 2 aromatic heterocycles. The van der Waals surface area contributed by atoms with Gasteiger partial charge >= 0.3 is 0 Å². The van der Waals surface area contributed by atoms with Gasteiger partial charge in [-0.25, -0.2) is 4.98 Å². The van der Waals surface area contributed by atoms with Gasteiger partial charge in [-0.05, 0) is 30.7 Å². The number of aryl methyl sites for hydroxylation is 1. The van der Waals surface area contributed by atoms with Gasteiger partial charge in [0.05, 0.1) is 17.5 Å². The third kappa shape index (κ3) is 2.84. The van der Waals surface area contributed by atoms with Crippen LogP contribution in [0.5, 0.6) is 0 Å². The van der Waals surface area contributed by atoms with Crippen LogP contribution < -0.4 is 0 Å². The lowest BCUT2D eigenvalue weighted by molar-refractivity contribution is -0.117. The Labute approximate surface area is 123 Å². The van der Waals surface area contributed by atoms with Gasteiger partial charge in [0, 0.05) is 25.4 Å². The maximum absolute atomic E-state index is 12.2. The molecule has 0 aliphatic heterocycles. The fraction of sp³-hybridized carbons (Fsp3) is 0.235. The van der Waals surface area contributed by atoms with Crippen molar-refractivity contribution in [2.45, 2.75) is 26.3 Å². The van der Waals surface area contributed by atoms with Crippen molar-refractivity contribution < 1.29 is 4.79 Å². The van der Waals surface area contributed by atoms with Gasteiger partial charge in [-0.3, -0.25) is 9.78 Å². The second-order valence-electron chi connectivity index (χ2n) is 5.01. The van der Waals surface area contributed by atoms with E-state index < -0.39 is 0 Å². The topological polar surface area (TPSA) is 47.8 Å². The number of hydrogen-bond acceptors (Lipinski definition) is 3. The molecule has 1 aromatic carbocycles. The Kier molecular flexibility index (Phi) is 3.77. The largest absolute Gasteiger partial charge is 0.328 e. The van der Waals surface area contributed by atoms with E-state index in [0.29, 0.717) is 12.8 Å². The van der Waals surface area contributed by atoms with Crippen LogP contribution >= 0.6 is 0 Å². The van der Waals surface area contributed by atoms with Crippen molar-refractivity contribution in [2.75, 3.05) is 0 Å². The zero-order valence-electron chi connectivity index (χ0n) is 12.0. The molecule has 0 atom stereocenters. The zero-order valence-corrected chi connectivity index (χ0v) is 12.0. The van der Waals surface area contributed by atoms with Crippen molar-refractivity contribution in [2.24, 2.45) is 0 Å². The standard InChI is InChI=1S/C17H17N3O/c1-2-20-16-8-4-3-7-15(16)19-17(20)11-14(21)10-13-6-5-9-18-12-13/h3-9,12H,2,10-11H2,1H3. The molecule has 3 aromatic rings. The van der Waals surface area contributed by atoms with Gasteiger partial charge in [-0.1, -0.05) is 18.2 Å². The quantitative estimate of drug-likeness (QED) is 0.721. The smallest absolute Gasteiger partial charge is 0.144 e. The predicted molar refractivity (Wildman–Crippen MR) is 82.1 cm³/mol. The number of carbonyl (C=O) groups is 1. The van der Waals surface area contributed by atoms with E-state index in [2.05, 4.69) is 21.5 Å². The fourth-order valence-electron chi connectivity index (χ4n) is 2.58. The van der Waals surface area contributed by atoms with Crippen molar-refractivity contribution in [3.05, 3.63) is 60.2 Å². The highest BCUT2D eigenvalue weighted by atomic mass is 16.1. The first-order chi connectivity index (χ1) is 10.3. The molecule has 0 bridgehead atoms. The molecule has 0 amide bonds. The number of pyridine rings is 1. The van der Waals surface area contributed by atoms with Crippen molar-refractivity contribution in [3.8, 4) is 0 Å². The van der Waals surface area contributed by atoms with Crippen molar-refractivity contribution in [1.29, 1.82) is 0 Å². The maximum Gasteiger partial charge on any atom is 0.144 e. The molecule has 4 heteroatoms. The van der Waals surface area contributed by atoms with E-state index >= 15 is 0 Å². The molecular formula is C17H17N3O. The molecule has 0 aliphatic carbocycles. The second-order valence-corrected chi connectivity index (χ2v) is 5.01. The summed E-state index contributed by atoms with van der Waals surface area (Å²) in [4.78, 5) is 20.9. The SMILES string of the molecule is CCn1c(CC(=O)Cc2cccnc2)nc2ccccc21. The number of Topliss-reactive ketones (excluding diaryl/α,β-unsaturated/α-hetero) is 1. The minimum atomic E-state index is 0.160. The molecular weight excluding hydrogens is 262 g/mol. The number of fused-ring (bicyclic) bond motifs is 1. The van der Waals surface area contributed by atoms with E-state index in [-0.39, 0.29) is 5.78 Å². The van der Waals surface area contributed by atoms with Crippen molar-refractivity contribution in [1.82, 2.24) is 14.5 Å². The summed E-state index contributed by atoms with van der Waals surface area (Å²) in [5, 5.41) is 0. The van der Waals surface area contributed by atoms with Crippen LogP contribution in [-0.4, -0.2) is 20.3 Å². The Balaban J connectivity index is 1.83. The number of ketones is 1. The van der Waals surface area contributed by atoms with Crippen LogP contribution in [0.1, 0.15) is 18.3 Å².